The number of carboxylic acids is 1. The first-order valence-corrected chi connectivity index (χ1v) is 4.89. The summed E-state index contributed by atoms with van der Waals surface area (Å²) in [7, 11) is 0. The number of hydrogen-bond acceptors (Lipinski definition) is 4. The van der Waals surface area contributed by atoms with Crippen molar-refractivity contribution in [1.82, 2.24) is 0 Å². The second-order valence-electron chi connectivity index (χ2n) is 4.90. The van der Waals surface area contributed by atoms with Crippen molar-refractivity contribution in [2.24, 2.45) is 21.9 Å². The van der Waals surface area contributed by atoms with E-state index >= 15 is 0 Å². The average molecular weight is 235 g/mol. The quantitative estimate of drug-likeness (QED) is 0.308. The van der Waals surface area contributed by atoms with Gasteiger partial charge in [0.1, 0.15) is 0 Å². The first-order chi connectivity index (χ1) is 6.46. The molecule has 0 aromatic rings. The number of nitrogens with zero attached hydrogens (tertiary/aromatic N) is 1. The summed E-state index contributed by atoms with van der Waals surface area (Å²) in [4.78, 5) is 11.3. The molecule has 2 fully saturated rings. The van der Waals surface area contributed by atoms with Gasteiger partial charge in [-0.05, 0) is 30.6 Å². The summed E-state index contributed by atoms with van der Waals surface area (Å²) in [6.07, 6.45) is 2.03. The van der Waals surface area contributed by atoms with Crippen LogP contribution in [-0.2, 0) is 4.79 Å². The standard InChI is InChI=1S/C10H15NO3.K/c1-9(2)6-3-4-10(9,8(12)13)7(5-6)11-14;/h6,14H,3-5H2,1-2H3,(H,12,13);/q;+1/p-1/b11-7+;. The molecule has 2 aliphatic carbocycles. The van der Waals surface area contributed by atoms with E-state index in [9.17, 15) is 9.90 Å². The Labute approximate surface area is 132 Å². The van der Waals surface area contributed by atoms with Gasteiger partial charge in [0, 0.05) is 0 Å². The summed E-state index contributed by atoms with van der Waals surface area (Å²) in [5.41, 5.74) is -0.960. The topological polar surface area (TPSA) is 72.7 Å². The van der Waals surface area contributed by atoms with Crippen LogP contribution in [0.2, 0.25) is 0 Å². The van der Waals surface area contributed by atoms with Crippen LogP contribution in [0.4, 0.5) is 0 Å². The van der Waals surface area contributed by atoms with E-state index in [-0.39, 0.29) is 56.8 Å². The molecule has 0 aromatic heterocycles. The molecule has 15 heavy (non-hydrogen) atoms. The van der Waals surface area contributed by atoms with Gasteiger partial charge >= 0.3 is 51.4 Å². The van der Waals surface area contributed by atoms with Gasteiger partial charge in [-0.25, -0.2) is 0 Å². The molecule has 0 aromatic carbocycles. The predicted molar refractivity (Wildman–Crippen MR) is 47.8 cm³/mol. The van der Waals surface area contributed by atoms with Gasteiger partial charge in [-0.1, -0.05) is 19.0 Å². The van der Waals surface area contributed by atoms with Crippen molar-refractivity contribution in [2.75, 3.05) is 0 Å². The first-order valence-electron chi connectivity index (χ1n) is 4.89. The number of oxime groups is 1. The Kier molecular flexibility index (Phi) is 3.73. The molecule has 2 saturated carbocycles. The summed E-state index contributed by atoms with van der Waals surface area (Å²) in [6.45, 7) is 3.86. The van der Waals surface area contributed by atoms with Gasteiger partial charge in [-0.15, -0.1) is 0 Å². The normalized spacial score (nSPS) is 39.1. The number of hydrogen-bond donors (Lipinski definition) is 1. The van der Waals surface area contributed by atoms with E-state index in [1.54, 1.807) is 0 Å². The summed E-state index contributed by atoms with van der Waals surface area (Å²) in [5.74, 6) is -0.776. The Balaban J connectivity index is 0.00000112. The Bertz CT molecular complexity index is 327. The van der Waals surface area contributed by atoms with E-state index in [0.717, 1.165) is 6.42 Å². The molecule has 1 N–H and O–H groups in total. The van der Waals surface area contributed by atoms with E-state index in [1.807, 2.05) is 13.8 Å². The van der Waals surface area contributed by atoms with E-state index < -0.39 is 11.4 Å². The van der Waals surface area contributed by atoms with E-state index in [4.69, 9.17) is 5.21 Å². The maximum atomic E-state index is 11.3. The average Bonchev–Trinajstić information content (AvgIpc) is 2.51. The third-order valence-corrected chi connectivity index (χ3v) is 4.39. The maximum absolute atomic E-state index is 11.3. The minimum atomic E-state index is -1.09. The zero-order valence-electron chi connectivity index (χ0n) is 9.41. The SMILES string of the molecule is CC1(C)C2CCC1(C(=O)[O-])/C(=N/O)C2.[K+]. The number of carbonyl (C=O) groups excluding carboxylic acids is 1. The molecule has 0 aliphatic heterocycles. The van der Waals surface area contributed by atoms with Gasteiger partial charge < -0.3 is 15.1 Å². The molecule has 2 atom stereocenters. The summed E-state index contributed by atoms with van der Waals surface area (Å²) >= 11 is 0. The largest absolute Gasteiger partial charge is 1.00 e. The summed E-state index contributed by atoms with van der Waals surface area (Å²) in [6, 6.07) is 0. The smallest absolute Gasteiger partial charge is 0.549 e. The zero-order chi connectivity index (χ0) is 10.6. The molecule has 2 rings (SSSR count). The molecule has 2 bridgehead atoms. The number of carbonyl (C=O) groups is 1. The molecule has 0 radical (unpaired) electrons. The molecule has 0 amide bonds. The van der Waals surface area contributed by atoms with Gasteiger partial charge in [-0.3, -0.25) is 0 Å². The fourth-order valence-electron chi connectivity index (χ4n) is 3.31. The fourth-order valence-corrected chi connectivity index (χ4v) is 3.31. The van der Waals surface area contributed by atoms with Crippen molar-refractivity contribution < 1.29 is 66.5 Å². The number of aliphatic carboxylic acids is 1. The van der Waals surface area contributed by atoms with E-state index in [2.05, 4.69) is 5.16 Å². The van der Waals surface area contributed by atoms with Crippen LogP contribution in [0.1, 0.15) is 33.1 Å². The van der Waals surface area contributed by atoms with Crippen molar-refractivity contribution in [3.63, 3.8) is 0 Å². The predicted octanol–water partition coefficient (Wildman–Crippen LogP) is -2.60. The minimum absolute atomic E-state index is 0. The van der Waals surface area contributed by atoms with Crippen molar-refractivity contribution in [3.8, 4) is 0 Å². The van der Waals surface area contributed by atoms with Crippen molar-refractivity contribution >= 4 is 11.7 Å². The van der Waals surface area contributed by atoms with Crippen LogP contribution >= 0.6 is 0 Å². The van der Waals surface area contributed by atoms with Crippen LogP contribution in [-0.4, -0.2) is 16.9 Å². The van der Waals surface area contributed by atoms with Crippen LogP contribution < -0.4 is 56.5 Å². The second-order valence-corrected chi connectivity index (χ2v) is 4.90. The van der Waals surface area contributed by atoms with Gasteiger partial charge in [-0.2, -0.15) is 0 Å². The number of carboxylic acid groups (broad SMARTS) is 1. The molecule has 0 spiro atoms. The third kappa shape index (κ3) is 1.47. The maximum Gasteiger partial charge on any atom is 1.00 e. The molecule has 0 heterocycles. The van der Waals surface area contributed by atoms with Crippen molar-refractivity contribution in [3.05, 3.63) is 0 Å². The monoisotopic (exact) mass is 235 g/mol. The fraction of sp³-hybridized carbons (Fsp3) is 0.800. The Morgan fingerprint density at radius 3 is 2.53 bits per heavy atom. The molecular formula is C10H14KNO3. The van der Waals surface area contributed by atoms with Gasteiger partial charge in [0.05, 0.1) is 17.1 Å². The van der Waals surface area contributed by atoms with Gasteiger partial charge in [0.15, 0.2) is 0 Å². The van der Waals surface area contributed by atoms with Crippen LogP contribution in [0, 0.1) is 16.7 Å². The van der Waals surface area contributed by atoms with Crippen LogP contribution in [0.15, 0.2) is 5.16 Å². The Morgan fingerprint density at radius 1 is 1.60 bits per heavy atom. The van der Waals surface area contributed by atoms with Crippen molar-refractivity contribution in [1.29, 1.82) is 0 Å². The number of rotatable bonds is 1. The molecular weight excluding hydrogens is 221 g/mol. The summed E-state index contributed by atoms with van der Waals surface area (Å²) < 4.78 is 0. The van der Waals surface area contributed by atoms with Crippen LogP contribution in [0.5, 0.6) is 0 Å². The van der Waals surface area contributed by atoms with Crippen molar-refractivity contribution in [2.45, 2.75) is 33.1 Å². The third-order valence-electron chi connectivity index (χ3n) is 4.39. The molecule has 78 valence electrons. The van der Waals surface area contributed by atoms with Crippen LogP contribution in [0.25, 0.3) is 0 Å². The molecule has 2 aliphatic rings. The molecule has 5 heteroatoms. The van der Waals surface area contributed by atoms with Gasteiger partial charge in [0.2, 0.25) is 0 Å². The Morgan fingerprint density at radius 2 is 2.20 bits per heavy atom. The van der Waals surface area contributed by atoms with E-state index in [1.165, 1.54) is 0 Å². The number of fused-ring (bicyclic) bond motifs is 2. The van der Waals surface area contributed by atoms with Gasteiger partial charge in [0.25, 0.3) is 0 Å². The van der Waals surface area contributed by atoms with Crippen LogP contribution in [0.3, 0.4) is 0 Å². The summed E-state index contributed by atoms with van der Waals surface area (Å²) in [5, 5.41) is 23.2. The molecule has 0 saturated heterocycles. The first kappa shape index (κ1) is 13.6. The molecule has 2 unspecified atom stereocenters. The second kappa shape index (κ2) is 4.11. The zero-order valence-corrected chi connectivity index (χ0v) is 12.5. The Hall–Kier alpha value is 0.576. The van der Waals surface area contributed by atoms with E-state index in [0.29, 0.717) is 24.5 Å². The minimum Gasteiger partial charge on any atom is -0.549 e. The molecule has 4 nitrogen and oxygen atoms in total.